The summed E-state index contributed by atoms with van der Waals surface area (Å²) in [4.78, 5) is 10.9. The summed E-state index contributed by atoms with van der Waals surface area (Å²) >= 11 is 0. The lowest BCUT2D eigenvalue weighted by Gasteiger charge is -2.21. The summed E-state index contributed by atoms with van der Waals surface area (Å²) in [5, 5.41) is 19.1. The van der Waals surface area contributed by atoms with Crippen molar-refractivity contribution in [2.24, 2.45) is 5.92 Å². The Morgan fingerprint density at radius 2 is 2.11 bits per heavy atom. The topological polar surface area (TPSA) is 66.8 Å². The fourth-order valence-electron chi connectivity index (χ4n) is 2.28. The predicted molar refractivity (Wildman–Crippen MR) is 66.6 cm³/mol. The highest BCUT2D eigenvalue weighted by molar-refractivity contribution is 5.71. The molecule has 98 valence electrons. The van der Waals surface area contributed by atoms with Crippen LogP contribution in [-0.2, 0) is 11.2 Å². The number of aliphatic carboxylic acids is 1. The Balaban J connectivity index is 2.38. The SMILES string of the molecule is CC(C(=O)O)C(O)c1cccc2c1OC(C)(C)C2. The van der Waals surface area contributed by atoms with Crippen LogP contribution < -0.4 is 4.74 Å². The zero-order chi connectivity index (χ0) is 13.5. The summed E-state index contributed by atoms with van der Waals surface area (Å²) in [5.74, 6) is -1.23. The molecule has 0 aliphatic carbocycles. The van der Waals surface area contributed by atoms with Crippen molar-refractivity contribution in [2.45, 2.75) is 38.9 Å². The Kier molecular flexibility index (Phi) is 3.07. The van der Waals surface area contributed by atoms with E-state index in [0.29, 0.717) is 11.3 Å². The zero-order valence-electron chi connectivity index (χ0n) is 10.8. The predicted octanol–water partition coefficient (Wildman–Crippen LogP) is 2.15. The fourth-order valence-corrected chi connectivity index (χ4v) is 2.28. The van der Waals surface area contributed by atoms with Crippen LogP contribution in [0.4, 0.5) is 0 Å². The summed E-state index contributed by atoms with van der Waals surface area (Å²) in [7, 11) is 0. The highest BCUT2D eigenvalue weighted by atomic mass is 16.5. The van der Waals surface area contributed by atoms with Gasteiger partial charge in [0.25, 0.3) is 0 Å². The van der Waals surface area contributed by atoms with Gasteiger partial charge in [0, 0.05) is 12.0 Å². The molecule has 0 amide bonds. The average Bonchev–Trinajstić information content (AvgIpc) is 2.60. The lowest BCUT2D eigenvalue weighted by Crippen LogP contribution is -2.25. The zero-order valence-corrected chi connectivity index (χ0v) is 10.8. The van der Waals surface area contributed by atoms with Crippen LogP contribution in [0.5, 0.6) is 5.75 Å². The molecule has 1 aliphatic heterocycles. The molecular formula is C14H18O4. The Hall–Kier alpha value is -1.55. The molecule has 0 fully saturated rings. The third-order valence-electron chi connectivity index (χ3n) is 3.30. The maximum atomic E-state index is 10.9. The smallest absolute Gasteiger partial charge is 0.309 e. The molecule has 0 spiro atoms. The second-order valence-electron chi connectivity index (χ2n) is 5.45. The monoisotopic (exact) mass is 250 g/mol. The van der Waals surface area contributed by atoms with E-state index in [0.717, 1.165) is 12.0 Å². The van der Waals surface area contributed by atoms with E-state index in [4.69, 9.17) is 9.84 Å². The van der Waals surface area contributed by atoms with Gasteiger partial charge in [-0.25, -0.2) is 0 Å². The molecule has 2 N–H and O–H groups in total. The van der Waals surface area contributed by atoms with E-state index in [2.05, 4.69) is 0 Å². The number of benzene rings is 1. The summed E-state index contributed by atoms with van der Waals surface area (Å²) < 4.78 is 5.82. The van der Waals surface area contributed by atoms with Crippen molar-refractivity contribution in [2.75, 3.05) is 0 Å². The van der Waals surface area contributed by atoms with E-state index >= 15 is 0 Å². The number of carboxylic acids is 1. The summed E-state index contributed by atoms with van der Waals surface area (Å²) in [6, 6.07) is 5.51. The number of aliphatic hydroxyl groups is 1. The van der Waals surface area contributed by atoms with Gasteiger partial charge in [0.2, 0.25) is 0 Å². The standard InChI is InChI=1S/C14H18O4/c1-8(13(16)17)11(15)10-6-4-5-9-7-14(2,3)18-12(9)10/h4-6,8,11,15H,7H2,1-3H3,(H,16,17). The number of para-hydroxylation sites is 1. The molecule has 0 saturated heterocycles. The van der Waals surface area contributed by atoms with Crippen molar-refractivity contribution in [1.82, 2.24) is 0 Å². The van der Waals surface area contributed by atoms with E-state index in [1.54, 1.807) is 6.07 Å². The first-order valence-electron chi connectivity index (χ1n) is 6.03. The van der Waals surface area contributed by atoms with Crippen LogP contribution in [0.25, 0.3) is 0 Å². The average molecular weight is 250 g/mol. The maximum Gasteiger partial charge on any atom is 0.309 e. The molecule has 2 unspecified atom stereocenters. The van der Waals surface area contributed by atoms with Crippen LogP contribution in [0.2, 0.25) is 0 Å². The molecule has 2 rings (SSSR count). The second-order valence-corrected chi connectivity index (χ2v) is 5.45. The second kappa shape index (κ2) is 4.28. The highest BCUT2D eigenvalue weighted by Gasteiger charge is 2.35. The molecule has 1 aromatic rings. The van der Waals surface area contributed by atoms with Crippen LogP contribution in [0.3, 0.4) is 0 Å². The lowest BCUT2D eigenvalue weighted by molar-refractivity contribution is -0.145. The summed E-state index contributed by atoms with van der Waals surface area (Å²) in [5.41, 5.74) is 1.28. The van der Waals surface area contributed by atoms with Gasteiger partial charge < -0.3 is 14.9 Å². The van der Waals surface area contributed by atoms with E-state index in [1.165, 1.54) is 6.92 Å². The Bertz CT molecular complexity index is 479. The van der Waals surface area contributed by atoms with Crippen molar-refractivity contribution in [1.29, 1.82) is 0 Å². The van der Waals surface area contributed by atoms with Gasteiger partial charge in [-0.2, -0.15) is 0 Å². The summed E-state index contributed by atoms with van der Waals surface area (Å²) in [6.45, 7) is 5.44. The van der Waals surface area contributed by atoms with E-state index in [1.807, 2.05) is 26.0 Å². The van der Waals surface area contributed by atoms with Crippen LogP contribution >= 0.6 is 0 Å². The first-order chi connectivity index (χ1) is 8.32. The molecular weight excluding hydrogens is 232 g/mol. The number of aliphatic hydroxyl groups excluding tert-OH is 1. The number of rotatable bonds is 3. The van der Waals surface area contributed by atoms with Crippen molar-refractivity contribution in [3.63, 3.8) is 0 Å². The van der Waals surface area contributed by atoms with Crippen molar-refractivity contribution >= 4 is 5.97 Å². The Morgan fingerprint density at radius 1 is 1.44 bits per heavy atom. The van der Waals surface area contributed by atoms with Crippen molar-refractivity contribution in [3.05, 3.63) is 29.3 Å². The Labute approximate surface area is 106 Å². The molecule has 1 aliphatic rings. The number of carbonyl (C=O) groups is 1. The van der Waals surface area contributed by atoms with Gasteiger partial charge in [0.15, 0.2) is 0 Å². The summed E-state index contributed by atoms with van der Waals surface area (Å²) in [6.07, 6.45) is -0.281. The highest BCUT2D eigenvalue weighted by Crippen LogP contribution is 2.41. The minimum Gasteiger partial charge on any atom is -0.487 e. The van der Waals surface area contributed by atoms with Crippen LogP contribution in [-0.4, -0.2) is 21.8 Å². The molecule has 4 nitrogen and oxygen atoms in total. The molecule has 18 heavy (non-hydrogen) atoms. The van der Waals surface area contributed by atoms with Gasteiger partial charge in [0.05, 0.1) is 12.0 Å². The van der Waals surface area contributed by atoms with Gasteiger partial charge in [-0.1, -0.05) is 18.2 Å². The fraction of sp³-hybridized carbons (Fsp3) is 0.500. The molecule has 0 radical (unpaired) electrons. The van der Waals surface area contributed by atoms with Crippen molar-refractivity contribution in [3.8, 4) is 5.75 Å². The number of fused-ring (bicyclic) bond motifs is 1. The molecule has 1 aromatic carbocycles. The molecule has 0 aromatic heterocycles. The van der Waals surface area contributed by atoms with E-state index < -0.39 is 18.0 Å². The third kappa shape index (κ3) is 2.20. The minimum absolute atomic E-state index is 0.301. The van der Waals surface area contributed by atoms with Crippen LogP contribution in [0.1, 0.15) is 38.0 Å². The number of carboxylic acid groups (broad SMARTS) is 1. The van der Waals surface area contributed by atoms with Crippen molar-refractivity contribution < 1.29 is 19.7 Å². The quantitative estimate of drug-likeness (QED) is 0.862. The normalized spacial score (nSPS) is 19.8. The number of hydrogen-bond acceptors (Lipinski definition) is 3. The molecule has 4 heteroatoms. The Morgan fingerprint density at radius 3 is 2.72 bits per heavy atom. The molecule has 0 saturated carbocycles. The van der Waals surface area contributed by atoms with Gasteiger partial charge in [-0.3, -0.25) is 4.79 Å². The largest absolute Gasteiger partial charge is 0.487 e. The molecule has 0 bridgehead atoms. The number of hydrogen-bond donors (Lipinski definition) is 2. The van der Waals surface area contributed by atoms with Gasteiger partial charge in [-0.15, -0.1) is 0 Å². The van der Waals surface area contributed by atoms with Crippen LogP contribution in [0.15, 0.2) is 18.2 Å². The van der Waals surface area contributed by atoms with Gasteiger partial charge >= 0.3 is 5.97 Å². The number of ether oxygens (including phenoxy) is 1. The molecule has 2 atom stereocenters. The minimum atomic E-state index is -1.05. The van der Waals surface area contributed by atoms with Gasteiger partial charge in [0.1, 0.15) is 11.4 Å². The van der Waals surface area contributed by atoms with E-state index in [9.17, 15) is 9.90 Å². The lowest BCUT2D eigenvalue weighted by atomic mass is 9.94. The maximum absolute atomic E-state index is 10.9. The van der Waals surface area contributed by atoms with E-state index in [-0.39, 0.29) is 5.60 Å². The molecule has 1 heterocycles. The van der Waals surface area contributed by atoms with Crippen LogP contribution in [0, 0.1) is 5.92 Å². The first kappa shape index (κ1) is 12.9. The van der Waals surface area contributed by atoms with Gasteiger partial charge in [-0.05, 0) is 26.3 Å². The third-order valence-corrected chi connectivity index (χ3v) is 3.30. The first-order valence-corrected chi connectivity index (χ1v) is 6.03.